The van der Waals surface area contributed by atoms with Crippen LogP contribution < -0.4 is 0 Å². The second-order valence-electron chi connectivity index (χ2n) is 25.2. The molecule has 0 rings (SSSR count). The number of allylic oxidation sites excluding steroid dienone is 24. The Labute approximate surface area is 554 Å². The van der Waals surface area contributed by atoms with Gasteiger partial charge in [0, 0.05) is 12.8 Å². The van der Waals surface area contributed by atoms with Gasteiger partial charge in [-0.05, 0) is 122 Å². The van der Waals surface area contributed by atoms with E-state index in [9.17, 15) is 19.0 Å². The minimum atomic E-state index is -4.41. The van der Waals surface area contributed by atoms with Gasteiger partial charge in [-0.2, -0.15) is 0 Å². The summed E-state index contributed by atoms with van der Waals surface area (Å²) >= 11 is 0. The van der Waals surface area contributed by atoms with Crippen molar-refractivity contribution in [2.24, 2.45) is 0 Å². The number of likely N-dealkylation sites (N-methyl/N-ethyl adjacent to an activating group) is 1. The number of ether oxygens (including phenoxy) is 2. The van der Waals surface area contributed by atoms with E-state index >= 15 is 0 Å². The zero-order chi connectivity index (χ0) is 65.5. The van der Waals surface area contributed by atoms with Crippen molar-refractivity contribution in [3.8, 4) is 0 Å². The third-order valence-corrected chi connectivity index (χ3v) is 16.3. The molecule has 0 heterocycles. The number of hydrogen-bond acceptors (Lipinski definition) is 7. The third-order valence-electron chi connectivity index (χ3n) is 15.4. The lowest BCUT2D eigenvalue weighted by molar-refractivity contribution is -0.870. The van der Waals surface area contributed by atoms with Crippen LogP contribution in [0.3, 0.4) is 0 Å². The molecule has 0 saturated carbocycles. The van der Waals surface area contributed by atoms with Crippen molar-refractivity contribution in [3.05, 3.63) is 146 Å². The van der Waals surface area contributed by atoms with Crippen LogP contribution in [0.15, 0.2) is 146 Å². The largest absolute Gasteiger partial charge is 0.472 e. The number of nitrogens with zero attached hydrogens (tertiary/aromatic N) is 1. The van der Waals surface area contributed by atoms with E-state index in [1.54, 1.807) is 0 Å². The first-order valence-corrected chi connectivity index (χ1v) is 38.1. The molecule has 2 atom stereocenters. The summed E-state index contributed by atoms with van der Waals surface area (Å²) in [5.41, 5.74) is 0. The molecule has 0 fully saturated rings. The molecule has 0 aromatic heterocycles. The van der Waals surface area contributed by atoms with Gasteiger partial charge in [0.1, 0.15) is 19.8 Å². The predicted molar refractivity (Wildman–Crippen MR) is 390 cm³/mol. The molecule has 0 amide bonds. The molecule has 0 bridgehead atoms. The molecule has 0 spiro atoms. The van der Waals surface area contributed by atoms with Crippen LogP contribution in [-0.4, -0.2) is 74.9 Å². The summed E-state index contributed by atoms with van der Waals surface area (Å²) in [5, 5.41) is 0. The topological polar surface area (TPSA) is 108 Å². The van der Waals surface area contributed by atoms with Crippen LogP contribution in [0.2, 0.25) is 0 Å². The molecular formula is C80H137NO8P+. The van der Waals surface area contributed by atoms with Gasteiger partial charge >= 0.3 is 19.8 Å². The Balaban J connectivity index is 4.12. The second-order valence-corrected chi connectivity index (χ2v) is 26.7. The minimum Gasteiger partial charge on any atom is -0.462 e. The number of phosphoric ester groups is 1. The lowest BCUT2D eigenvalue weighted by Crippen LogP contribution is -2.37. The monoisotopic (exact) mass is 1270 g/mol. The first kappa shape index (κ1) is 85.9. The molecule has 10 heteroatoms. The summed E-state index contributed by atoms with van der Waals surface area (Å²) in [7, 11) is 1.46. The van der Waals surface area contributed by atoms with Gasteiger partial charge in [-0.25, -0.2) is 4.57 Å². The number of quaternary nitrogens is 1. The molecule has 90 heavy (non-hydrogen) atoms. The highest BCUT2D eigenvalue weighted by Gasteiger charge is 2.27. The first-order valence-electron chi connectivity index (χ1n) is 36.6. The Hall–Kier alpha value is -4.11. The normalized spacial score (nSPS) is 14.0. The maximum absolute atomic E-state index is 12.9. The lowest BCUT2D eigenvalue weighted by atomic mass is 10.0. The molecular weight excluding hydrogens is 1130 g/mol. The molecule has 9 nitrogen and oxygen atoms in total. The predicted octanol–water partition coefficient (Wildman–Crippen LogP) is 24.2. The van der Waals surface area contributed by atoms with Crippen LogP contribution in [0, 0.1) is 0 Å². The highest BCUT2D eigenvalue weighted by Crippen LogP contribution is 2.43. The van der Waals surface area contributed by atoms with E-state index in [0.717, 1.165) is 128 Å². The fourth-order valence-corrected chi connectivity index (χ4v) is 10.5. The Kier molecular flexibility index (Phi) is 66.1. The van der Waals surface area contributed by atoms with Crippen molar-refractivity contribution in [1.82, 2.24) is 0 Å². The van der Waals surface area contributed by atoms with Crippen molar-refractivity contribution in [2.75, 3.05) is 47.5 Å². The molecule has 2 unspecified atom stereocenters. The first-order chi connectivity index (χ1) is 44.0. The molecule has 0 aliphatic rings. The van der Waals surface area contributed by atoms with E-state index in [-0.39, 0.29) is 32.0 Å². The summed E-state index contributed by atoms with van der Waals surface area (Å²) in [6.45, 7) is 4.30. The summed E-state index contributed by atoms with van der Waals surface area (Å²) in [5.74, 6) is -0.815. The Morgan fingerprint density at radius 1 is 0.356 bits per heavy atom. The zero-order valence-electron chi connectivity index (χ0n) is 58.6. The van der Waals surface area contributed by atoms with Gasteiger partial charge in [-0.15, -0.1) is 0 Å². The average Bonchev–Trinajstić information content (AvgIpc) is 3.58. The van der Waals surface area contributed by atoms with Crippen LogP contribution in [0.1, 0.15) is 296 Å². The summed E-state index contributed by atoms with van der Waals surface area (Å²) in [6.07, 6.45) is 102. The zero-order valence-corrected chi connectivity index (χ0v) is 59.5. The van der Waals surface area contributed by atoms with Crippen LogP contribution in [-0.2, 0) is 32.7 Å². The van der Waals surface area contributed by atoms with Gasteiger partial charge < -0.3 is 18.9 Å². The van der Waals surface area contributed by atoms with Crippen LogP contribution in [0.25, 0.3) is 0 Å². The van der Waals surface area contributed by atoms with E-state index in [4.69, 9.17) is 18.5 Å². The van der Waals surface area contributed by atoms with E-state index < -0.39 is 26.5 Å². The van der Waals surface area contributed by atoms with Gasteiger partial charge in [0.15, 0.2) is 6.10 Å². The highest BCUT2D eigenvalue weighted by atomic mass is 31.2. The number of phosphoric acid groups is 1. The fraction of sp³-hybridized carbons (Fsp3) is 0.675. The quantitative estimate of drug-likeness (QED) is 0.0211. The molecule has 514 valence electrons. The Morgan fingerprint density at radius 3 is 0.944 bits per heavy atom. The van der Waals surface area contributed by atoms with Gasteiger partial charge in [0.05, 0.1) is 27.7 Å². The number of unbranched alkanes of at least 4 members (excludes halogenated alkanes) is 28. The summed E-state index contributed by atoms with van der Waals surface area (Å²) < 4.78 is 34.7. The van der Waals surface area contributed by atoms with Crippen molar-refractivity contribution >= 4 is 19.8 Å². The minimum absolute atomic E-state index is 0.0222. The molecule has 0 aliphatic heterocycles. The standard InChI is InChI=1S/C80H136NO8P/c1-6-8-10-12-14-16-18-20-22-24-26-28-30-32-34-36-37-38-39-40-41-42-43-45-47-49-51-53-55-57-59-61-63-65-67-69-71-73-80(83)89-78(77-88-90(84,85)87-75-74-81(3,4)5)76-86-79(82)72-70-68-66-64-62-60-58-56-54-52-50-48-46-44-35-33-31-29-27-25-23-21-19-17-15-13-11-9-7-2/h8,10,14,16,19-22,25-28,32,34,37-38,40-41,43,45,49,51,55,57,78H,6-7,9,11-13,15,17-18,23-24,29-31,33,35-36,39,42,44,46-48,50,52-54,56,58-77H2,1-5H3/p+1/b10-8-,16-14-,21-19-,22-20-,27-25-,28-26-,34-32-,38-37-,41-40-,45-43-,51-49-,57-55-. The van der Waals surface area contributed by atoms with E-state index in [1.165, 1.54) is 135 Å². The fourth-order valence-electron chi connectivity index (χ4n) is 9.78. The second kappa shape index (κ2) is 69.2. The van der Waals surface area contributed by atoms with Crippen LogP contribution >= 0.6 is 7.82 Å². The summed E-state index contributed by atoms with van der Waals surface area (Å²) in [6, 6.07) is 0. The number of carbonyl (C=O) groups is 2. The van der Waals surface area contributed by atoms with E-state index in [0.29, 0.717) is 17.4 Å². The van der Waals surface area contributed by atoms with Crippen molar-refractivity contribution in [1.29, 1.82) is 0 Å². The lowest BCUT2D eigenvalue weighted by Gasteiger charge is -2.24. The number of esters is 2. The number of rotatable bonds is 66. The van der Waals surface area contributed by atoms with Crippen LogP contribution in [0.4, 0.5) is 0 Å². The van der Waals surface area contributed by atoms with E-state index in [1.807, 2.05) is 21.1 Å². The average molecular weight is 1270 g/mol. The molecule has 0 radical (unpaired) electrons. The molecule has 0 saturated heterocycles. The van der Waals surface area contributed by atoms with Gasteiger partial charge in [-0.1, -0.05) is 307 Å². The highest BCUT2D eigenvalue weighted by molar-refractivity contribution is 7.47. The number of hydrogen-bond donors (Lipinski definition) is 1. The maximum atomic E-state index is 12.9. The van der Waals surface area contributed by atoms with E-state index in [2.05, 4.69) is 160 Å². The van der Waals surface area contributed by atoms with Gasteiger partial charge in [0.2, 0.25) is 0 Å². The molecule has 0 aromatic carbocycles. The Bertz CT molecular complexity index is 2030. The third kappa shape index (κ3) is 72.9. The SMILES string of the molecule is CC/C=C\C/C=C\C/C=C\C/C=C\C/C=C\C/C=C\C/C=C\C/C=C\C/C=C\C/C=C\CCCCCCCCC(=O)OC(COC(=O)CCCCCCCCCCCCCCCCCCC/C=C\C/C=C\CCCCCCC)COP(=O)(O)OCC[N+](C)(C)C. The smallest absolute Gasteiger partial charge is 0.462 e. The summed E-state index contributed by atoms with van der Waals surface area (Å²) in [4.78, 5) is 35.9. The van der Waals surface area contributed by atoms with Crippen molar-refractivity contribution < 1.29 is 42.1 Å². The van der Waals surface area contributed by atoms with Gasteiger partial charge in [0.25, 0.3) is 0 Å². The molecule has 0 aromatic rings. The van der Waals surface area contributed by atoms with Gasteiger partial charge in [-0.3, -0.25) is 18.6 Å². The van der Waals surface area contributed by atoms with Crippen molar-refractivity contribution in [2.45, 2.75) is 302 Å². The molecule has 0 aliphatic carbocycles. The maximum Gasteiger partial charge on any atom is 0.472 e. The Morgan fingerprint density at radius 2 is 0.633 bits per heavy atom. The number of carbonyl (C=O) groups excluding carboxylic acids is 2. The molecule has 1 N–H and O–H groups in total. The van der Waals surface area contributed by atoms with Crippen molar-refractivity contribution in [3.63, 3.8) is 0 Å². The van der Waals surface area contributed by atoms with Crippen LogP contribution in [0.5, 0.6) is 0 Å².